The monoisotopic (exact) mass is 544 g/mol. The molecule has 1 aliphatic heterocycles. The molecule has 8 rings (SSSR count). The van der Waals surface area contributed by atoms with E-state index in [4.69, 9.17) is 0 Å². The van der Waals surface area contributed by atoms with E-state index in [9.17, 15) is 22.0 Å². The van der Waals surface area contributed by atoms with Crippen LogP contribution in [-0.2, 0) is 13.1 Å². The van der Waals surface area contributed by atoms with Crippen molar-refractivity contribution >= 4 is 11.3 Å². The second kappa shape index (κ2) is 8.20. The van der Waals surface area contributed by atoms with Crippen molar-refractivity contribution in [2.24, 2.45) is 5.41 Å². The summed E-state index contributed by atoms with van der Waals surface area (Å²) in [5.74, 6) is -8.21. The summed E-state index contributed by atoms with van der Waals surface area (Å²) in [6.45, 7) is -0.297. The lowest BCUT2D eigenvalue weighted by Crippen LogP contribution is -2.67. The van der Waals surface area contributed by atoms with E-state index < -0.39 is 30.6 Å². The van der Waals surface area contributed by atoms with Gasteiger partial charge >= 0.3 is 11.8 Å². The summed E-state index contributed by atoms with van der Waals surface area (Å²) in [5.41, 5.74) is 2.99. The average Bonchev–Trinajstić information content (AvgIpc) is 3.53. The summed E-state index contributed by atoms with van der Waals surface area (Å²) >= 11 is 0. The Morgan fingerprint density at radius 3 is 2.44 bits per heavy atom. The van der Waals surface area contributed by atoms with Crippen LogP contribution in [0.25, 0.3) is 16.9 Å². The fourth-order valence-corrected chi connectivity index (χ4v) is 6.16. The van der Waals surface area contributed by atoms with Crippen molar-refractivity contribution in [3.63, 3.8) is 0 Å². The summed E-state index contributed by atoms with van der Waals surface area (Å²) in [4.78, 5) is 9.59. The van der Waals surface area contributed by atoms with Crippen LogP contribution in [0.1, 0.15) is 30.5 Å². The second-order valence-corrected chi connectivity index (χ2v) is 11.3. The van der Waals surface area contributed by atoms with Crippen LogP contribution in [0.15, 0.2) is 49.2 Å². The molecule has 3 aliphatic carbocycles. The lowest BCUT2D eigenvalue weighted by Gasteiger charge is -2.66. The number of nitrogens with zero attached hydrogens (tertiary/aromatic N) is 7. The van der Waals surface area contributed by atoms with Gasteiger partial charge in [0.25, 0.3) is 0 Å². The molecule has 3 saturated carbocycles. The number of pyridine rings is 2. The number of imidazole rings is 1. The molecule has 4 aromatic heterocycles. The predicted octanol–water partition coefficient (Wildman–Crippen LogP) is 4.11. The molecule has 4 fully saturated rings. The van der Waals surface area contributed by atoms with E-state index in [1.807, 2.05) is 28.9 Å². The average molecular weight is 545 g/mol. The van der Waals surface area contributed by atoms with Crippen molar-refractivity contribution in [2.45, 2.75) is 49.9 Å². The topological polar surface area (TPSA) is 76.2 Å². The second-order valence-electron chi connectivity index (χ2n) is 11.3. The van der Waals surface area contributed by atoms with Crippen LogP contribution >= 0.6 is 0 Å². The third-order valence-electron chi connectivity index (χ3n) is 8.03. The van der Waals surface area contributed by atoms with Crippen LogP contribution in [-0.4, -0.2) is 66.5 Å². The predicted molar refractivity (Wildman–Crippen MR) is 131 cm³/mol. The van der Waals surface area contributed by atoms with E-state index in [-0.39, 0.29) is 11.1 Å². The number of anilines is 1. The van der Waals surface area contributed by atoms with Gasteiger partial charge in [0.05, 0.1) is 43.4 Å². The van der Waals surface area contributed by atoms with Crippen molar-refractivity contribution in [1.29, 1.82) is 0 Å². The molecule has 204 valence electrons. The largest absolute Gasteiger partial charge is 0.358 e. The molecule has 1 saturated heterocycles. The van der Waals surface area contributed by atoms with E-state index in [2.05, 4.69) is 25.6 Å². The molecular formula is C26H25F5N8. The van der Waals surface area contributed by atoms with E-state index in [0.717, 1.165) is 28.3 Å². The van der Waals surface area contributed by atoms with Gasteiger partial charge in [0.2, 0.25) is 0 Å². The Bertz CT molecular complexity index is 1530. The van der Waals surface area contributed by atoms with Gasteiger partial charge in [-0.2, -0.15) is 17.6 Å². The number of rotatable bonds is 8. The van der Waals surface area contributed by atoms with Gasteiger partial charge in [-0.05, 0) is 42.4 Å². The van der Waals surface area contributed by atoms with Crippen LogP contribution in [0.4, 0.5) is 27.6 Å². The molecule has 13 heteroatoms. The highest BCUT2D eigenvalue weighted by Gasteiger charge is 2.68. The van der Waals surface area contributed by atoms with Crippen LogP contribution in [0.3, 0.4) is 0 Å². The maximum absolute atomic E-state index is 13.7. The molecule has 8 nitrogen and oxygen atoms in total. The molecule has 0 atom stereocenters. The SMILES string of the molecule is FC12CC(CNCc3ccc4nc(Cn5cc(-c6cncc(N7CC(F)(F)C(F)(F)C7)c6)nn5)cn4c3)(C1)C2. The quantitative estimate of drug-likeness (QED) is 0.337. The van der Waals surface area contributed by atoms with Gasteiger partial charge in [-0.1, -0.05) is 11.3 Å². The molecule has 5 heterocycles. The lowest BCUT2D eigenvalue weighted by atomic mass is 9.42. The van der Waals surface area contributed by atoms with Crippen molar-refractivity contribution in [1.82, 2.24) is 34.7 Å². The Kier molecular flexibility index (Phi) is 5.14. The lowest BCUT2D eigenvalue weighted by molar-refractivity contribution is -0.209. The smallest absolute Gasteiger partial charge is 0.329 e. The Balaban J connectivity index is 1.01. The van der Waals surface area contributed by atoms with Gasteiger partial charge in [-0.15, -0.1) is 5.10 Å². The first-order chi connectivity index (χ1) is 18.5. The molecule has 39 heavy (non-hydrogen) atoms. The molecule has 4 aromatic rings. The summed E-state index contributed by atoms with van der Waals surface area (Å²) in [6.07, 6.45) is 10.4. The van der Waals surface area contributed by atoms with Crippen LogP contribution < -0.4 is 10.2 Å². The van der Waals surface area contributed by atoms with Crippen molar-refractivity contribution in [2.75, 3.05) is 24.5 Å². The van der Waals surface area contributed by atoms with Crippen LogP contribution in [0.2, 0.25) is 0 Å². The zero-order chi connectivity index (χ0) is 27.0. The number of hydrogen-bond donors (Lipinski definition) is 1. The summed E-state index contributed by atoms with van der Waals surface area (Å²) in [6, 6.07) is 5.45. The van der Waals surface area contributed by atoms with Crippen molar-refractivity contribution in [3.05, 3.63) is 60.4 Å². The van der Waals surface area contributed by atoms with E-state index in [0.29, 0.717) is 43.6 Å². The molecule has 0 unspecified atom stereocenters. The summed E-state index contributed by atoms with van der Waals surface area (Å²) in [5, 5.41) is 11.7. The third-order valence-corrected chi connectivity index (χ3v) is 8.03. The Morgan fingerprint density at radius 2 is 1.69 bits per heavy atom. The van der Waals surface area contributed by atoms with Gasteiger partial charge in [0, 0.05) is 37.2 Å². The molecule has 0 radical (unpaired) electrons. The number of hydrogen-bond acceptors (Lipinski definition) is 6. The highest BCUT2D eigenvalue weighted by Crippen LogP contribution is 2.69. The number of alkyl halides is 5. The van der Waals surface area contributed by atoms with Gasteiger partial charge in [-0.25, -0.2) is 14.1 Å². The molecular weight excluding hydrogens is 519 g/mol. The highest BCUT2D eigenvalue weighted by molar-refractivity contribution is 5.63. The van der Waals surface area contributed by atoms with Gasteiger partial charge in [0.1, 0.15) is 17.0 Å². The molecule has 2 bridgehead atoms. The standard InChI is InChI=1S/C26H25F5N8/c27-24-11-23(12-24,13-24)14-33-4-17-1-2-22-34-19(8-37(22)7-17)9-39-10-21(35-36-39)18-3-20(6-32-5-18)38-15-25(28,29)26(30,31)16-38/h1-3,5-8,10,33H,4,9,11-16H2. The molecule has 0 spiro atoms. The van der Waals surface area contributed by atoms with Crippen molar-refractivity contribution < 1.29 is 22.0 Å². The molecule has 4 aliphatic rings. The third kappa shape index (κ3) is 4.23. The minimum absolute atomic E-state index is 0.159. The summed E-state index contributed by atoms with van der Waals surface area (Å²) < 4.78 is 71.9. The van der Waals surface area contributed by atoms with Gasteiger partial charge < -0.3 is 14.6 Å². The van der Waals surface area contributed by atoms with E-state index >= 15 is 0 Å². The van der Waals surface area contributed by atoms with Crippen LogP contribution in [0.5, 0.6) is 0 Å². The molecule has 0 amide bonds. The Morgan fingerprint density at radius 1 is 0.923 bits per heavy atom. The zero-order valence-corrected chi connectivity index (χ0v) is 20.8. The number of fused-ring (bicyclic) bond motifs is 1. The first-order valence-electron chi connectivity index (χ1n) is 12.7. The Hall–Kier alpha value is -3.61. The van der Waals surface area contributed by atoms with E-state index in [1.165, 1.54) is 18.5 Å². The number of nitrogens with one attached hydrogen (secondary N) is 1. The minimum Gasteiger partial charge on any atom is -0.358 e. The zero-order valence-electron chi connectivity index (χ0n) is 20.8. The normalized spacial score (nSPS) is 26.5. The molecule has 1 N–H and O–H groups in total. The Labute approximate surface area is 219 Å². The van der Waals surface area contributed by atoms with E-state index in [1.54, 1.807) is 10.9 Å². The van der Waals surface area contributed by atoms with Crippen molar-refractivity contribution in [3.8, 4) is 11.3 Å². The number of halogens is 5. The highest BCUT2D eigenvalue weighted by atomic mass is 19.3. The fraction of sp³-hybridized carbons (Fsp3) is 0.462. The fourth-order valence-electron chi connectivity index (χ4n) is 6.16. The first kappa shape index (κ1) is 24.4. The molecule has 0 aromatic carbocycles. The maximum atomic E-state index is 13.7. The number of aromatic nitrogens is 6. The van der Waals surface area contributed by atoms with Crippen LogP contribution in [0, 0.1) is 5.41 Å². The van der Waals surface area contributed by atoms with Gasteiger partial charge in [-0.3, -0.25) is 4.98 Å². The van der Waals surface area contributed by atoms with Gasteiger partial charge in [0.15, 0.2) is 0 Å². The maximum Gasteiger partial charge on any atom is 0.329 e. The first-order valence-corrected chi connectivity index (χ1v) is 12.7. The summed E-state index contributed by atoms with van der Waals surface area (Å²) in [7, 11) is 0. The minimum atomic E-state index is -4.10.